The summed E-state index contributed by atoms with van der Waals surface area (Å²) in [5.41, 5.74) is 0. The molecule has 0 aliphatic rings. The van der Waals surface area contributed by atoms with Crippen molar-refractivity contribution >= 4 is 0 Å². The highest BCUT2D eigenvalue weighted by Gasteiger charge is 2.58. The second-order valence-electron chi connectivity index (χ2n) is 3.04. The van der Waals surface area contributed by atoms with Gasteiger partial charge in [-0.25, -0.2) is 0 Å². The van der Waals surface area contributed by atoms with Crippen molar-refractivity contribution in [1.29, 1.82) is 5.26 Å². The summed E-state index contributed by atoms with van der Waals surface area (Å²) in [6, 6.07) is 0.275. The minimum atomic E-state index is -5.55. The van der Waals surface area contributed by atoms with Crippen LogP contribution in [0.4, 0.5) is 26.3 Å². The second kappa shape index (κ2) is 6.07. The quantitative estimate of drug-likeness (QED) is 0.772. The molecule has 0 fully saturated rings. The van der Waals surface area contributed by atoms with Crippen LogP contribution in [0.15, 0.2) is 0 Å². The van der Waals surface area contributed by atoms with E-state index in [-0.39, 0.29) is 6.54 Å². The predicted molar refractivity (Wildman–Crippen MR) is 44.9 cm³/mol. The molecule has 0 saturated heterocycles. The maximum absolute atomic E-state index is 12.0. The van der Waals surface area contributed by atoms with Crippen molar-refractivity contribution in [3.8, 4) is 6.07 Å². The number of nitrogens with zero attached hydrogens (tertiary/aromatic N) is 1. The summed E-state index contributed by atoms with van der Waals surface area (Å²) in [6.07, 6.45) is -15.0. The van der Waals surface area contributed by atoms with E-state index in [9.17, 15) is 26.3 Å². The fraction of sp³-hybridized carbons (Fsp3) is 0.875. The Labute approximate surface area is 93.3 Å². The van der Waals surface area contributed by atoms with Crippen molar-refractivity contribution in [2.45, 2.75) is 31.4 Å². The Morgan fingerprint density at radius 2 is 1.65 bits per heavy atom. The van der Waals surface area contributed by atoms with Crippen molar-refractivity contribution in [3.63, 3.8) is 0 Å². The van der Waals surface area contributed by atoms with Gasteiger partial charge in [0.15, 0.2) is 0 Å². The van der Waals surface area contributed by atoms with Crippen LogP contribution in [0.1, 0.15) is 6.92 Å². The highest BCUT2D eigenvalue weighted by atomic mass is 19.4. The van der Waals surface area contributed by atoms with E-state index in [2.05, 4.69) is 10.1 Å². The molecule has 0 bridgehead atoms. The van der Waals surface area contributed by atoms with Crippen LogP contribution >= 0.6 is 0 Å². The number of halogens is 6. The smallest absolute Gasteiger partial charge is 0.358 e. The number of hydrogen-bond acceptors (Lipinski definition) is 3. The molecule has 3 nitrogen and oxygen atoms in total. The topological polar surface area (TPSA) is 45.0 Å². The largest absolute Gasteiger partial charge is 0.423 e. The van der Waals surface area contributed by atoms with E-state index in [1.807, 2.05) is 0 Å². The maximum Gasteiger partial charge on any atom is 0.423 e. The Morgan fingerprint density at radius 3 is 1.94 bits per heavy atom. The predicted octanol–water partition coefficient (Wildman–Crippen LogP) is 2.00. The third kappa shape index (κ3) is 5.74. The van der Waals surface area contributed by atoms with Gasteiger partial charge < -0.3 is 10.1 Å². The van der Waals surface area contributed by atoms with Crippen LogP contribution in [0.25, 0.3) is 0 Å². The zero-order valence-electron chi connectivity index (χ0n) is 8.69. The third-order valence-electron chi connectivity index (χ3n) is 1.63. The molecule has 0 aliphatic heterocycles. The van der Waals surface area contributed by atoms with Crippen molar-refractivity contribution in [3.05, 3.63) is 0 Å². The SMILES string of the molecule is CCNC(C#N)COC(C(F)(F)F)C(F)(F)F. The first-order valence-electron chi connectivity index (χ1n) is 4.51. The fourth-order valence-corrected chi connectivity index (χ4v) is 0.955. The van der Waals surface area contributed by atoms with E-state index in [0.29, 0.717) is 0 Å². The molecular weight excluding hydrogens is 254 g/mol. The fourth-order valence-electron chi connectivity index (χ4n) is 0.955. The van der Waals surface area contributed by atoms with Gasteiger partial charge in [0.05, 0.1) is 12.7 Å². The van der Waals surface area contributed by atoms with Gasteiger partial charge in [0, 0.05) is 0 Å². The van der Waals surface area contributed by atoms with Crippen LogP contribution in [0.3, 0.4) is 0 Å². The molecule has 1 N–H and O–H groups in total. The van der Waals surface area contributed by atoms with Gasteiger partial charge in [0.25, 0.3) is 0 Å². The summed E-state index contributed by atoms with van der Waals surface area (Å²) >= 11 is 0. The van der Waals surface area contributed by atoms with Gasteiger partial charge in [-0.1, -0.05) is 6.92 Å². The van der Waals surface area contributed by atoms with E-state index in [4.69, 9.17) is 5.26 Å². The molecule has 0 aromatic heterocycles. The molecule has 0 radical (unpaired) electrons. The van der Waals surface area contributed by atoms with Crippen LogP contribution in [-0.2, 0) is 4.74 Å². The Kier molecular flexibility index (Phi) is 5.71. The van der Waals surface area contributed by atoms with E-state index in [0.717, 1.165) is 0 Å². The van der Waals surface area contributed by atoms with Gasteiger partial charge in [-0.2, -0.15) is 31.6 Å². The van der Waals surface area contributed by atoms with E-state index < -0.39 is 31.1 Å². The number of nitriles is 1. The lowest BCUT2D eigenvalue weighted by Crippen LogP contribution is -2.46. The number of alkyl halides is 6. The lowest BCUT2D eigenvalue weighted by molar-refractivity contribution is -0.322. The van der Waals surface area contributed by atoms with Crippen molar-refractivity contribution in [1.82, 2.24) is 5.32 Å². The van der Waals surface area contributed by atoms with Crippen LogP contribution in [0.2, 0.25) is 0 Å². The molecule has 17 heavy (non-hydrogen) atoms. The van der Waals surface area contributed by atoms with Gasteiger partial charge in [-0.05, 0) is 6.54 Å². The van der Waals surface area contributed by atoms with E-state index in [1.165, 1.54) is 6.07 Å². The summed E-state index contributed by atoms with van der Waals surface area (Å²) in [5.74, 6) is 0. The first-order chi connectivity index (χ1) is 7.62. The summed E-state index contributed by atoms with van der Waals surface area (Å²) in [4.78, 5) is 0. The summed E-state index contributed by atoms with van der Waals surface area (Å²) < 4.78 is 75.8. The van der Waals surface area contributed by atoms with Crippen molar-refractivity contribution in [2.24, 2.45) is 0 Å². The number of rotatable bonds is 5. The van der Waals surface area contributed by atoms with Gasteiger partial charge >= 0.3 is 12.4 Å². The third-order valence-corrected chi connectivity index (χ3v) is 1.63. The van der Waals surface area contributed by atoms with Gasteiger partial charge in [-0.3, -0.25) is 0 Å². The van der Waals surface area contributed by atoms with Crippen LogP contribution in [0, 0.1) is 11.3 Å². The monoisotopic (exact) mass is 264 g/mol. The molecule has 9 heteroatoms. The Morgan fingerprint density at radius 1 is 1.18 bits per heavy atom. The minimum absolute atomic E-state index is 0.226. The molecular formula is C8H10F6N2O. The average Bonchev–Trinajstić information content (AvgIpc) is 2.12. The zero-order chi connectivity index (χ0) is 13.7. The van der Waals surface area contributed by atoms with Crippen LogP contribution in [-0.4, -0.2) is 37.7 Å². The molecule has 1 unspecified atom stereocenters. The zero-order valence-corrected chi connectivity index (χ0v) is 8.69. The van der Waals surface area contributed by atoms with Gasteiger partial charge in [0.1, 0.15) is 6.04 Å². The molecule has 100 valence electrons. The van der Waals surface area contributed by atoms with Gasteiger partial charge in [0.2, 0.25) is 6.10 Å². The van der Waals surface area contributed by atoms with Crippen LogP contribution in [0.5, 0.6) is 0 Å². The standard InChI is InChI=1S/C8H10F6N2O/c1-2-16-5(3-15)4-17-6(7(9,10)11)8(12,13)14/h5-6,16H,2,4H2,1H3. The molecule has 0 heterocycles. The molecule has 1 atom stereocenters. The number of hydrogen-bond donors (Lipinski definition) is 1. The summed E-state index contributed by atoms with van der Waals surface area (Å²) in [7, 11) is 0. The summed E-state index contributed by atoms with van der Waals surface area (Å²) in [6.45, 7) is 0.785. The van der Waals surface area contributed by atoms with E-state index in [1.54, 1.807) is 6.92 Å². The second-order valence-corrected chi connectivity index (χ2v) is 3.04. The molecule has 0 spiro atoms. The number of nitrogens with one attached hydrogen (secondary N) is 1. The minimum Gasteiger partial charge on any atom is -0.358 e. The molecule has 0 saturated carbocycles. The first kappa shape index (κ1) is 16.0. The maximum atomic E-state index is 12.0. The molecule has 0 amide bonds. The lowest BCUT2D eigenvalue weighted by atomic mass is 10.3. The molecule has 0 aromatic rings. The lowest BCUT2D eigenvalue weighted by Gasteiger charge is -2.24. The Balaban J connectivity index is 4.53. The number of ether oxygens (including phenoxy) is 1. The van der Waals surface area contributed by atoms with Crippen LogP contribution < -0.4 is 5.32 Å². The number of likely N-dealkylation sites (N-methyl/N-ethyl adjacent to an activating group) is 1. The Hall–Kier alpha value is -1.01. The first-order valence-corrected chi connectivity index (χ1v) is 4.51. The van der Waals surface area contributed by atoms with E-state index >= 15 is 0 Å². The highest BCUT2D eigenvalue weighted by molar-refractivity contribution is 4.90. The average molecular weight is 264 g/mol. The Bertz CT molecular complexity index is 255. The van der Waals surface area contributed by atoms with Crippen molar-refractivity contribution in [2.75, 3.05) is 13.2 Å². The summed E-state index contributed by atoms with van der Waals surface area (Å²) in [5, 5.41) is 10.8. The normalized spacial score (nSPS) is 14.8. The highest BCUT2D eigenvalue weighted by Crippen LogP contribution is 2.35. The van der Waals surface area contributed by atoms with Crippen molar-refractivity contribution < 1.29 is 31.1 Å². The van der Waals surface area contributed by atoms with Gasteiger partial charge in [-0.15, -0.1) is 0 Å². The molecule has 0 rings (SSSR count). The molecule has 0 aromatic carbocycles. The molecule has 0 aliphatic carbocycles.